The second-order valence-corrected chi connectivity index (χ2v) is 2.30. The first-order chi connectivity index (χ1) is 4.83. The Hall–Kier alpha value is -0.380. The Morgan fingerprint density at radius 1 is 1.60 bits per heavy atom. The maximum absolute atomic E-state index is 8.99. The fourth-order valence-electron chi connectivity index (χ4n) is 0.926. The van der Waals surface area contributed by atoms with Crippen LogP contribution >= 0.6 is 0 Å². The van der Waals surface area contributed by atoms with Crippen LogP contribution in [0, 0.1) is 0 Å². The first kappa shape index (κ1) is 7.72. The van der Waals surface area contributed by atoms with E-state index in [2.05, 4.69) is 0 Å². The lowest BCUT2D eigenvalue weighted by atomic mass is 10.3. The van der Waals surface area contributed by atoms with Crippen molar-refractivity contribution in [1.82, 2.24) is 0 Å². The highest BCUT2D eigenvalue weighted by Gasteiger charge is 2.16. The van der Waals surface area contributed by atoms with Gasteiger partial charge in [-0.1, -0.05) is 12.2 Å². The summed E-state index contributed by atoms with van der Waals surface area (Å²) in [7, 11) is 1.58. The van der Waals surface area contributed by atoms with Crippen LogP contribution in [-0.2, 0) is 9.47 Å². The third-order valence-corrected chi connectivity index (χ3v) is 1.42. The summed E-state index contributed by atoms with van der Waals surface area (Å²) >= 11 is 0. The third-order valence-electron chi connectivity index (χ3n) is 1.42. The Balaban J connectivity index is 2.14. The molecule has 0 radical (unpaired) electrons. The molecule has 3 heteroatoms. The summed E-state index contributed by atoms with van der Waals surface area (Å²) in [6.07, 6.45) is 3.95. The number of methoxy groups -OCH3 is 1. The predicted molar refractivity (Wildman–Crippen MR) is 36.5 cm³/mol. The second kappa shape index (κ2) is 3.71. The van der Waals surface area contributed by atoms with Gasteiger partial charge in [-0.25, -0.2) is 0 Å². The quantitative estimate of drug-likeness (QED) is 0.457. The molecule has 1 N–H and O–H groups in total. The van der Waals surface area contributed by atoms with E-state index < -0.39 is 0 Å². The van der Waals surface area contributed by atoms with Crippen molar-refractivity contribution >= 4 is 0 Å². The summed E-state index contributed by atoms with van der Waals surface area (Å²) in [5.74, 6) is 0. The molecule has 0 bridgehead atoms. The van der Waals surface area contributed by atoms with Gasteiger partial charge in [0.2, 0.25) is 0 Å². The lowest BCUT2D eigenvalue weighted by Gasteiger charge is -2.08. The smallest absolute Gasteiger partial charge is 0.147 e. The summed E-state index contributed by atoms with van der Waals surface area (Å²) in [4.78, 5) is 0. The molecule has 0 aliphatic heterocycles. The molecule has 2 atom stereocenters. The van der Waals surface area contributed by atoms with Gasteiger partial charge in [0.15, 0.2) is 0 Å². The number of aliphatic hydroxyl groups excluding tert-OH is 1. The van der Waals surface area contributed by atoms with Crippen LogP contribution in [0.2, 0.25) is 0 Å². The Bertz CT molecular complexity index is 122. The molecule has 0 unspecified atom stereocenters. The van der Waals surface area contributed by atoms with E-state index in [0.29, 0.717) is 13.2 Å². The number of ether oxygens (including phenoxy) is 2. The first-order valence-electron chi connectivity index (χ1n) is 3.30. The third kappa shape index (κ3) is 2.10. The predicted octanol–water partition coefficient (Wildman–Crippen LogP) is 0.296. The van der Waals surface area contributed by atoms with E-state index in [1.165, 1.54) is 0 Å². The molecule has 3 nitrogen and oxygen atoms in total. The van der Waals surface area contributed by atoms with Crippen LogP contribution < -0.4 is 0 Å². The highest BCUT2D eigenvalue weighted by atomic mass is 16.7. The van der Waals surface area contributed by atoms with E-state index in [4.69, 9.17) is 14.6 Å². The monoisotopic (exact) mass is 144 g/mol. The van der Waals surface area contributed by atoms with Crippen LogP contribution in [0.3, 0.4) is 0 Å². The molecule has 1 rings (SSSR count). The molecule has 0 saturated carbocycles. The molecule has 0 fully saturated rings. The van der Waals surface area contributed by atoms with Gasteiger partial charge in [0.25, 0.3) is 0 Å². The summed E-state index contributed by atoms with van der Waals surface area (Å²) in [6.45, 7) is 0.293. The van der Waals surface area contributed by atoms with Crippen molar-refractivity contribution in [3.63, 3.8) is 0 Å². The van der Waals surface area contributed by atoms with Gasteiger partial charge in [-0.2, -0.15) is 0 Å². The zero-order valence-electron chi connectivity index (χ0n) is 5.99. The van der Waals surface area contributed by atoms with Crippen molar-refractivity contribution in [3.05, 3.63) is 12.2 Å². The summed E-state index contributed by atoms with van der Waals surface area (Å²) in [5.41, 5.74) is 0. The van der Waals surface area contributed by atoms with Crippen molar-refractivity contribution in [2.45, 2.75) is 18.6 Å². The van der Waals surface area contributed by atoms with Gasteiger partial charge in [0.1, 0.15) is 6.79 Å². The topological polar surface area (TPSA) is 38.7 Å². The highest BCUT2D eigenvalue weighted by molar-refractivity contribution is 5.03. The van der Waals surface area contributed by atoms with E-state index in [9.17, 15) is 0 Å². The Kier molecular flexibility index (Phi) is 2.86. The van der Waals surface area contributed by atoms with Gasteiger partial charge in [-0.3, -0.25) is 0 Å². The number of rotatable bonds is 3. The minimum atomic E-state index is -0.332. The molecule has 0 saturated heterocycles. The molecule has 0 aromatic rings. The van der Waals surface area contributed by atoms with Gasteiger partial charge in [0, 0.05) is 13.5 Å². The second-order valence-electron chi connectivity index (χ2n) is 2.30. The minimum absolute atomic E-state index is 0.0370. The van der Waals surface area contributed by atoms with Crippen molar-refractivity contribution in [3.8, 4) is 0 Å². The zero-order chi connectivity index (χ0) is 7.40. The Morgan fingerprint density at radius 2 is 2.40 bits per heavy atom. The number of aliphatic hydroxyl groups is 1. The Labute approximate surface area is 60.3 Å². The van der Waals surface area contributed by atoms with Crippen molar-refractivity contribution < 1.29 is 14.6 Å². The molecule has 0 spiro atoms. The summed E-state index contributed by atoms with van der Waals surface area (Å²) in [5, 5.41) is 8.99. The number of hydrogen-bond donors (Lipinski definition) is 1. The summed E-state index contributed by atoms with van der Waals surface area (Å²) < 4.78 is 9.85. The molecule has 0 heterocycles. The van der Waals surface area contributed by atoms with Crippen LogP contribution in [-0.4, -0.2) is 31.2 Å². The highest BCUT2D eigenvalue weighted by Crippen LogP contribution is 2.13. The minimum Gasteiger partial charge on any atom is -0.389 e. The van der Waals surface area contributed by atoms with E-state index in [-0.39, 0.29) is 12.2 Å². The van der Waals surface area contributed by atoms with E-state index in [1.807, 2.05) is 6.08 Å². The van der Waals surface area contributed by atoms with Crippen molar-refractivity contribution in [1.29, 1.82) is 0 Å². The number of hydrogen-bond acceptors (Lipinski definition) is 3. The lowest BCUT2D eigenvalue weighted by Crippen LogP contribution is -2.12. The van der Waals surface area contributed by atoms with Crippen LogP contribution in [0.1, 0.15) is 6.42 Å². The van der Waals surface area contributed by atoms with Gasteiger partial charge in [-0.15, -0.1) is 0 Å². The van der Waals surface area contributed by atoms with Crippen molar-refractivity contribution in [2.75, 3.05) is 13.9 Å². The molecule has 0 aromatic carbocycles. The van der Waals surface area contributed by atoms with Gasteiger partial charge < -0.3 is 14.6 Å². The molecule has 58 valence electrons. The van der Waals surface area contributed by atoms with Crippen LogP contribution in [0.4, 0.5) is 0 Å². The van der Waals surface area contributed by atoms with Crippen LogP contribution in [0.15, 0.2) is 12.2 Å². The van der Waals surface area contributed by atoms with Gasteiger partial charge in [-0.05, 0) is 0 Å². The fraction of sp³-hybridized carbons (Fsp3) is 0.714. The molecule has 0 aromatic heterocycles. The van der Waals surface area contributed by atoms with Gasteiger partial charge in [0.05, 0.1) is 12.2 Å². The maximum atomic E-state index is 8.99. The largest absolute Gasteiger partial charge is 0.389 e. The fourth-order valence-corrected chi connectivity index (χ4v) is 0.926. The molecule has 1 aliphatic carbocycles. The zero-order valence-corrected chi connectivity index (χ0v) is 5.99. The average Bonchev–Trinajstić information content (AvgIpc) is 2.31. The lowest BCUT2D eigenvalue weighted by molar-refractivity contribution is -0.0600. The van der Waals surface area contributed by atoms with Gasteiger partial charge >= 0.3 is 0 Å². The maximum Gasteiger partial charge on any atom is 0.147 e. The van der Waals surface area contributed by atoms with Crippen LogP contribution in [0.5, 0.6) is 0 Å². The average molecular weight is 144 g/mol. The summed E-state index contributed by atoms with van der Waals surface area (Å²) in [6, 6.07) is 0. The molecular weight excluding hydrogens is 132 g/mol. The standard InChI is InChI=1S/C7H12O3/c1-9-5-10-7-3-2-6(8)4-7/h2-3,6-8H,4-5H2,1H3/t6-,7+/m0/s1. The van der Waals surface area contributed by atoms with Crippen LogP contribution in [0.25, 0.3) is 0 Å². The van der Waals surface area contributed by atoms with E-state index in [1.54, 1.807) is 13.2 Å². The molecular formula is C7H12O3. The van der Waals surface area contributed by atoms with Crippen molar-refractivity contribution in [2.24, 2.45) is 0 Å². The Morgan fingerprint density at radius 3 is 2.90 bits per heavy atom. The first-order valence-corrected chi connectivity index (χ1v) is 3.30. The molecule has 0 amide bonds. The molecule has 10 heavy (non-hydrogen) atoms. The molecule has 1 aliphatic rings. The SMILES string of the molecule is COCO[C@@H]1C=C[C@H](O)C1. The van der Waals surface area contributed by atoms with E-state index in [0.717, 1.165) is 0 Å². The van der Waals surface area contributed by atoms with E-state index >= 15 is 0 Å². The normalized spacial score (nSPS) is 31.4.